The number of aliphatic carboxylic acids is 1. The third kappa shape index (κ3) is 5.86. The van der Waals surface area contributed by atoms with Gasteiger partial charge in [0.2, 0.25) is 5.91 Å². The maximum absolute atomic E-state index is 11.2. The third-order valence-corrected chi connectivity index (χ3v) is 2.13. The van der Waals surface area contributed by atoms with Crippen molar-refractivity contribution in [2.24, 2.45) is 0 Å². The van der Waals surface area contributed by atoms with Crippen LogP contribution in [-0.4, -0.2) is 41.8 Å². The molecular weight excluding hydrogens is 238 g/mol. The van der Waals surface area contributed by atoms with Crippen molar-refractivity contribution in [3.8, 4) is 5.75 Å². The SMILES string of the molecule is O=C(O)COCC(=O)NCCc1ccc(O)cc1. The lowest BCUT2D eigenvalue weighted by Crippen LogP contribution is -2.30. The van der Waals surface area contributed by atoms with Crippen molar-refractivity contribution in [2.45, 2.75) is 6.42 Å². The summed E-state index contributed by atoms with van der Waals surface area (Å²) in [5.74, 6) is -1.26. The molecule has 3 N–H and O–H groups in total. The Morgan fingerprint density at radius 2 is 1.83 bits per heavy atom. The molecule has 0 unspecified atom stereocenters. The van der Waals surface area contributed by atoms with Crippen LogP contribution in [0.4, 0.5) is 0 Å². The van der Waals surface area contributed by atoms with Crippen LogP contribution in [0.2, 0.25) is 0 Å². The number of ether oxygens (including phenoxy) is 1. The summed E-state index contributed by atoms with van der Waals surface area (Å²) in [5.41, 5.74) is 0.986. The van der Waals surface area contributed by atoms with Crippen LogP contribution in [0.3, 0.4) is 0 Å². The van der Waals surface area contributed by atoms with E-state index in [0.717, 1.165) is 5.56 Å². The molecule has 0 atom stereocenters. The first kappa shape index (κ1) is 14.0. The van der Waals surface area contributed by atoms with Crippen LogP contribution in [0.1, 0.15) is 5.56 Å². The lowest BCUT2D eigenvalue weighted by Gasteiger charge is -2.05. The lowest BCUT2D eigenvalue weighted by molar-refractivity contribution is -0.143. The van der Waals surface area contributed by atoms with Gasteiger partial charge in [-0.15, -0.1) is 0 Å². The summed E-state index contributed by atoms with van der Waals surface area (Å²) >= 11 is 0. The van der Waals surface area contributed by atoms with E-state index in [1.165, 1.54) is 0 Å². The molecule has 1 amide bonds. The second-order valence-electron chi connectivity index (χ2n) is 3.65. The van der Waals surface area contributed by atoms with Gasteiger partial charge in [0.1, 0.15) is 19.0 Å². The lowest BCUT2D eigenvalue weighted by atomic mass is 10.1. The molecule has 18 heavy (non-hydrogen) atoms. The standard InChI is InChI=1S/C12H15NO5/c14-10-3-1-9(2-4-10)5-6-13-11(15)7-18-8-12(16)17/h1-4,14H,5-8H2,(H,13,15)(H,16,17). The van der Waals surface area contributed by atoms with Gasteiger partial charge in [-0.25, -0.2) is 4.79 Å². The fourth-order valence-corrected chi connectivity index (χ4v) is 1.29. The topological polar surface area (TPSA) is 95.9 Å². The zero-order valence-electron chi connectivity index (χ0n) is 9.76. The Balaban J connectivity index is 2.15. The number of carboxylic acids is 1. The van der Waals surface area contributed by atoms with E-state index in [1.54, 1.807) is 24.3 Å². The molecule has 0 aromatic heterocycles. The highest BCUT2D eigenvalue weighted by Gasteiger charge is 2.03. The summed E-state index contributed by atoms with van der Waals surface area (Å²) in [7, 11) is 0. The van der Waals surface area contributed by atoms with Crippen molar-refractivity contribution in [1.29, 1.82) is 0 Å². The Kier molecular flexibility index (Phi) is 5.66. The van der Waals surface area contributed by atoms with Crippen molar-refractivity contribution in [3.63, 3.8) is 0 Å². The Hall–Kier alpha value is -2.08. The van der Waals surface area contributed by atoms with Gasteiger partial charge in [0.05, 0.1) is 0 Å². The quantitative estimate of drug-likeness (QED) is 0.643. The predicted octanol–water partition coefficient (Wildman–Crippen LogP) is 0.152. The monoisotopic (exact) mass is 253 g/mol. The Bertz CT molecular complexity index is 401. The number of rotatable bonds is 7. The number of benzene rings is 1. The average Bonchev–Trinajstić information content (AvgIpc) is 2.31. The Labute approximate surface area is 104 Å². The molecule has 0 bridgehead atoms. The molecular formula is C12H15NO5. The summed E-state index contributed by atoms with van der Waals surface area (Å²) in [5, 5.41) is 20.0. The molecule has 0 saturated heterocycles. The zero-order valence-corrected chi connectivity index (χ0v) is 9.76. The van der Waals surface area contributed by atoms with Crippen molar-refractivity contribution in [3.05, 3.63) is 29.8 Å². The summed E-state index contributed by atoms with van der Waals surface area (Å²) in [6.45, 7) is -0.312. The number of carboxylic acid groups (broad SMARTS) is 1. The zero-order chi connectivity index (χ0) is 13.4. The molecule has 0 heterocycles. The third-order valence-electron chi connectivity index (χ3n) is 2.13. The molecule has 0 aliphatic carbocycles. The van der Waals surface area contributed by atoms with Gasteiger partial charge in [0, 0.05) is 6.54 Å². The largest absolute Gasteiger partial charge is 0.508 e. The van der Waals surface area contributed by atoms with Gasteiger partial charge in [0.25, 0.3) is 0 Å². The molecule has 0 aliphatic heterocycles. The Morgan fingerprint density at radius 1 is 1.17 bits per heavy atom. The van der Waals surface area contributed by atoms with Crippen molar-refractivity contribution in [1.82, 2.24) is 5.32 Å². The first-order chi connectivity index (χ1) is 8.58. The van der Waals surface area contributed by atoms with E-state index in [0.29, 0.717) is 13.0 Å². The molecule has 0 spiro atoms. The number of phenols is 1. The highest BCUT2D eigenvalue weighted by Crippen LogP contribution is 2.09. The molecule has 6 nitrogen and oxygen atoms in total. The van der Waals surface area contributed by atoms with E-state index in [1.807, 2.05) is 0 Å². The van der Waals surface area contributed by atoms with E-state index in [4.69, 9.17) is 10.2 Å². The van der Waals surface area contributed by atoms with Crippen molar-refractivity contribution < 1.29 is 24.5 Å². The number of carbonyl (C=O) groups excluding carboxylic acids is 1. The number of phenolic OH excluding ortho intramolecular Hbond substituents is 1. The second kappa shape index (κ2) is 7.29. The highest BCUT2D eigenvalue weighted by molar-refractivity contribution is 5.77. The maximum atomic E-state index is 11.2. The summed E-state index contributed by atoms with van der Waals surface area (Å²) in [6, 6.07) is 6.69. The van der Waals surface area contributed by atoms with E-state index in [2.05, 4.69) is 10.1 Å². The minimum Gasteiger partial charge on any atom is -0.508 e. The van der Waals surface area contributed by atoms with Crippen molar-refractivity contribution >= 4 is 11.9 Å². The summed E-state index contributed by atoms with van der Waals surface area (Å²) in [6.07, 6.45) is 0.630. The van der Waals surface area contributed by atoms with Gasteiger partial charge in [-0.2, -0.15) is 0 Å². The fourth-order valence-electron chi connectivity index (χ4n) is 1.29. The first-order valence-electron chi connectivity index (χ1n) is 5.42. The van der Waals surface area contributed by atoms with E-state index < -0.39 is 12.6 Å². The molecule has 1 aromatic carbocycles. The van der Waals surface area contributed by atoms with Crippen LogP contribution in [0.15, 0.2) is 24.3 Å². The molecule has 1 aromatic rings. The van der Waals surface area contributed by atoms with E-state index >= 15 is 0 Å². The van der Waals surface area contributed by atoms with Gasteiger partial charge in [0.15, 0.2) is 0 Å². The van der Waals surface area contributed by atoms with Crippen LogP contribution in [-0.2, 0) is 20.7 Å². The van der Waals surface area contributed by atoms with Gasteiger partial charge >= 0.3 is 5.97 Å². The van der Waals surface area contributed by atoms with Crippen molar-refractivity contribution in [2.75, 3.05) is 19.8 Å². The van der Waals surface area contributed by atoms with E-state index in [9.17, 15) is 9.59 Å². The first-order valence-corrected chi connectivity index (χ1v) is 5.42. The Morgan fingerprint density at radius 3 is 2.44 bits per heavy atom. The van der Waals surface area contributed by atoms with Crippen LogP contribution < -0.4 is 5.32 Å². The number of hydrogen-bond donors (Lipinski definition) is 3. The summed E-state index contributed by atoms with van der Waals surface area (Å²) < 4.78 is 4.63. The van der Waals surface area contributed by atoms with Gasteiger partial charge < -0.3 is 20.3 Å². The van der Waals surface area contributed by atoms with Gasteiger partial charge in [-0.1, -0.05) is 12.1 Å². The second-order valence-corrected chi connectivity index (χ2v) is 3.65. The number of amides is 1. The predicted molar refractivity (Wildman–Crippen MR) is 63.3 cm³/mol. The van der Waals surface area contributed by atoms with Gasteiger partial charge in [-0.05, 0) is 24.1 Å². The minimum absolute atomic E-state index is 0.199. The molecule has 0 radical (unpaired) electrons. The highest BCUT2D eigenvalue weighted by atomic mass is 16.5. The molecule has 0 aliphatic rings. The molecule has 0 saturated carbocycles. The number of carbonyl (C=O) groups is 2. The number of hydrogen-bond acceptors (Lipinski definition) is 4. The number of aromatic hydroxyl groups is 1. The van der Waals surface area contributed by atoms with Crippen LogP contribution >= 0.6 is 0 Å². The molecule has 6 heteroatoms. The molecule has 1 rings (SSSR count). The van der Waals surface area contributed by atoms with E-state index in [-0.39, 0.29) is 18.3 Å². The summed E-state index contributed by atoms with van der Waals surface area (Å²) in [4.78, 5) is 21.3. The van der Waals surface area contributed by atoms with Crippen LogP contribution in [0.25, 0.3) is 0 Å². The average molecular weight is 253 g/mol. The normalized spacial score (nSPS) is 10.0. The number of nitrogens with one attached hydrogen (secondary N) is 1. The fraction of sp³-hybridized carbons (Fsp3) is 0.333. The van der Waals surface area contributed by atoms with Crippen LogP contribution in [0, 0.1) is 0 Å². The minimum atomic E-state index is -1.10. The van der Waals surface area contributed by atoms with Gasteiger partial charge in [-0.3, -0.25) is 4.79 Å². The molecule has 98 valence electrons. The van der Waals surface area contributed by atoms with Crippen LogP contribution in [0.5, 0.6) is 5.75 Å². The molecule has 0 fully saturated rings. The smallest absolute Gasteiger partial charge is 0.329 e. The maximum Gasteiger partial charge on any atom is 0.329 e.